The van der Waals surface area contributed by atoms with Crippen molar-refractivity contribution in [2.24, 2.45) is 0 Å². The number of nitrogens with two attached hydrogens (primary N) is 1. The van der Waals surface area contributed by atoms with Crippen molar-refractivity contribution >= 4 is 43.2 Å². The highest BCUT2D eigenvalue weighted by atomic mass is 32.1. The van der Waals surface area contributed by atoms with Gasteiger partial charge in [0.15, 0.2) is 10.3 Å². The quantitative estimate of drug-likeness (QED) is 0.588. The summed E-state index contributed by atoms with van der Waals surface area (Å²) in [5.41, 5.74) is 8.20. The topological polar surface area (TPSA) is 70.3 Å². The van der Waals surface area contributed by atoms with Gasteiger partial charge in [0.25, 0.3) is 0 Å². The van der Waals surface area contributed by atoms with Crippen LogP contribution in [0.4, 0.5) is 10.3 Å². The Morgan fingerprint density at radius 3 is 2.83 bits per heavy atom. The van der Waals surface area contributed by atoms with Crippen molar-refractivity contribution in [3.05, 3.63) is 34.8 Å². The Bertz CT molecular complexity index is 926. The normalized spacial score (nSPS) is 20.3. The van der Waals surface area contributed by atoms with Crippen molar-refractivity contribution in [1.29, 1.82) is 0 Å². The number of anilines is 2. The molecule has 154 valence electrons. The summed E-state index contributed by atoms with van der Waals surface area (Å²) < 4.78 is 1.28. The Morgan fingerprint density at radius 2 is 1.97 bits per heavy atom. The number of aryl methyl sites for hydroxylation is 1. The molecule has 3 heterocycles. The van der Waals surface area contributed by atoms with E-state index >= 15 is 0 Å². The maximum atomic E-state index is 5.85. The van der Waals surface area contributed by atoms with Crippen LogP contribution >= 0.6 is 22.7 Å². The molecular weight excluding hydrogens is 400 g/mol. The predicted molar refractivity (Wildman–Crippen MR) is 123 cm³/mol. The molecule has 0 spiro atoms. The molecule has 2 aliphatic rings. The van der Waals surface area contributed by atoms with Gasteiger partial charge in [-0.15, -0.1) is 11.3 Å². The molecule has 0 bridgehead atoms. The van der Waals surface area contributed by atoms with Gasteiger partial charge in [0, 0.05) is 37.1 Å². The molecule has 0 radical (unpaired) electrons. The van der Waals surface area contributed by atoms with Crippen molar-refractivity contribution in [3.8, 4) is 0 Å². The summed E-state index contributed by atoms with van der Waals surface area (Å²) in [4.78, 5) is 15.7. The fourth-order valence-electron chi connectivity index (χ4n) is 4.34. The molecule has 8 heteroatoms. The van der Waals surface area contributed by atoms with E-state index in [1.165, 1.54) is 39.8 Å². The number of aromatic nitrogens is 2. The van der Waals surface area contributed by atoms with E-state index in [2.05, 4.69) is 44.4 Å². The zero-order valence-corrected chi connectivity index (χ0v) is 18.3. The molecule has 3 aromatic rings. The summed E-state index contributed by atoms with van der Waals surface area (Å²) in [6.45, 7) is 6.67. The number of nitrogens with zero attached hydrogens (tertiary/aromatic N) is 4. The number of fused-ring (bicyclic) bond motifs is 2. The lowest BCUT2D eigenvalue weighted by Crippen LogP contribution is -2.47. The zero-order valence-electron chi connectivity index (χ0n) is 16.6. The van der Waals surface area contributed by atoms with Crippen molar-refractivity contribution in [2.45, 2.75) is 31.7 Å². The Hall–Kier alpha value is -1.74. The summed E-state index contributed by atoms with van der Waals surface area (Å²) >= 11 is 3.48. The molecule has 1 aliphatic heterocycles. The lowest BCUT2D eigenvalue weighted by Gasteiger charge is -2.34. The van der Waals surface area contributed by atoms with Gasteiger partial charge in [0.05, 0.1) is 15.9 Å². The van der Waals surface area contributed by atoms with E-state index in [1.54, 1.807) is 11.3 Å². The van der Waals surface area contributed by atoms with Crippen LogP contribution in [0, 0.1) is 0 Å². The third-order valence-corrected chi connectivity index (χ3v) is 8.01. The van der Waals surface area contributed by atoms with Crippen LogP contribution in [0.5, 0.6) is 0 Å². The first-order valence-electron chi connectivity index (χ1n) is 10.5. The smallest absolute Gasteiger partial charge is 0.186 e. The monoisotopic (exact) mass is 428 g/mol. The third-order valence-electron chi connectivity index (χ3n) is 5.97. The largest absolute Gasteiger partial charge is 0.375 e. The average molecular weight is 429 g/mol. The van der Waals surface area contributed by atoms with E-state index in [0.717, 1.165) is 56.2 Å². The molecule has 1 aromatic carbocycles. The molecule has 5 rings (SSSR count). The van der Waals surface area contributed by atoms with Gasteiger partial charge in [-0.2, -0.15) is 0 Å². The van der Waals surface area contributed by atoms with Crippen LogP contribution in [0.2, 0.25) is 0 Å². The molecule has 1 fully saturated rings. The Balaban J connectivity index is 1.03. The Morgan fingerprint density at radius 1 is 1.10 bits per heavy atom. The summed E-state index contributed by atoms with van der Waals surface area (Å²) in [5, 5.41) is 5.65. The summed E-state index contributed by atoms with van der Waals surface area (Å²) in [6.07, 6.45) is 4.53. The van der Waals surface area contributed by atoms with Crippen LogP contribution in [0.25, 0.3) is 10.2 Å². The number of thiazole rings is 2. The molecule has 0 amide bonds. The first kappa shape index (κ1) is 19.2. The van der Waals surface area contributed by atoms with Crippen molar-refractivity contribution in [3.63, 3.8) is 0 Å². The van der Waals surface area contributed by atoms with Crippen LogP contribution in [0.1, 0.15) is 23.4 Å². The van der Waals surface area contributed by atoms with Crippen LogP contribution < -0.4 is 16.0 Å². The molecule has 1 aliphatic carbocycles. The minimum atomic E-state index is 0.582. The lowest BCUT2D eigenvalue weighted by molar-refractivity contribution is 0.252. The molecule has 6 nitrogen and oxygen atoms in total. The van der Waals surface area contributed by atoms with Crippen LogP contribution in [-0.2, 0) is 12.8 Å². The fraction of sp³-hybridized carbons (Fsp3) is 0.524. The van der Waals surface area contributed by atoms with Gasteiger partial charge in [-0.1, -0.05) is 23.5 Å². The zero-order chi connectivity index (χ0) is 19.6. The number of hydrogen-bond donors (Lipinski definition) is 2. The van der Waals surface area contributed by atoms with E-state index in [1.807, 2.05) is 11.3 Å². The fourth-order valence-corrected chi connectivity index (χ4v) is 6.31. The standard InChI is InChI=1S/C21H28N6S2/c22-20-24-17-7-6-15(14-19(17)28-20)23-8-3-9-26-10-12-27(13-11-26)21-25-16-4-1-2-5-18(16)29-21/h1-2,4-5,15,23H,3,6-14H2,(H2,22,24)/t15-/m0/s1. The van der Waals surface area contributed by atoms with E-state index in [0.29, 0.717) is 6.04 Å². The maximum Gasteiger partial charge on any atom is 0.186 e. The second-order valence-electron chi connectivity index (χ2n) is 7.96. The lowest BCUT2D eigenvalue weighted by atomic mass is 9.97. The van der Waals surface area contributed by atoms with Gasteiger partial charge < -0.3 is 16.0 Å². The third kappa shape index (κ3) is 4.40. The maximum absolute atomic E-state index is 5.85. The second-order valence-corrected chi connectivity index (χ2v) is 10.1. The molecule has 1 saturated heterocycles. The van der Waals surface area contributed by atoms with E-state index < -0.39 is 0 Å². The molecule has 29 heavy (non-hydrogen) atoms. The highest BCUT2D eigenvalue weighted by Crippen LogP contribution is 2.29. The van der Waals surface area contributed by atoms with Gasteiger partial charge in [-0.25, -0.2) is 9.97 Å². The number of piperazine rings is 1. The van der Waals surface area contributed by atoms with Crippen LogP contribution in [0.3, 0.4) is 0 Å². The number of rotatable bonds is 6. The van der Waals surface area contributed by atoms with Crippen molar-refractivity contribution < 1.29 is 0 Å². The van der Waals surface area contributed by atoms with Gasteiger partial charge in [-0.05, 0) is 50.9 Å². The SMILES string of the molecule is Nc1nc2c(s1)C[C@@H](NCCCN1CCN(c3nc4ccccc4s3)CC1)CC2. The van der Waals surface area contributed by atoms with E-state index in [-0.39, 0.29) is 0 Å². The number of nitrogen functional groups attached to an aromatic ring is 1. The van der Waals surface area contributed by atoms with Gasteiger partial charge in [0.2, 0.25) is 0 Å². The molecule has 0 saturated carbocycles. The number of benzene rings is 1. The van der Waals surface area contributed by atoms with Gasteiger partial charge in [-0.3, -0.25) is 4.90 Å². The molecule has 2 aromatic heterocycles. The van der Waals surface area contributed by atoms with Crippen molar-refractivity contribution in [1.82, 2.24) is 20.2 Å². The molecule has 3 N–H and O–H groups in total. The predicted octanol–water partition coefficient (Wildman–Crippen LogP) is 2.99. The van der Waals surface area contributed by atoms with E-state index in [4.69, 9.17) is 10.7 Å². The highest BCUT2D eigenvalue weighted by Gasteiger charge is 2.22. The average Bonchev–Trinajstić information content (AvgIpc) is 3.33. The minimum absolute atomic E-state index is 0.582. The number of hydrogen-bond acceptors (Lipinski definition) is 8. The van der Waals surface area contributed by atoms with Crippen LogP contribution in [-0.4, -0.2) is 60.2 Å². The molecular formula is C21H28N6S2. The Kier molecular flexibility index (Phi) is 5.67. The van der Waals surface area contributed by atoms with Gasteiger partial charge >= 0.3 is 0 Å². The minimum Gasteiger partial charge on any atom is -0.375 e. The van der Waals surface area contributed by atoms with Crippen molar-refractivity contribution in [2.75, 3.05) is 49.9 Å². The Labute approximate surface area is 179 Å². The first-order chi connectivity index (χ1) is 14.2. The van der Waals surface area contributed by atoms with E-state index in [9.17, 15) is 0 Å². The van der Waals surface area contributed by atoms with Crippen LogP contribution in [0.15, 0.2) is 24.3 Å². The first-order valence-corrected chi connectivity index (χ1v) is 12.2. The molecule has 1 atom stereocenters. The highest BCUT2D eigenvalue weighted by molar-refractivity contribution is 7.22. The number of para-hydroxylation sites is 1. The summed E-state index contributed by atoms with van der Waals surface area (Å²) in [5.74, 6) is 0. The molecule has 0 unspecified atom stereocenters. The summed E-state index contributed by atoms with van der Waals surface area (Å²) in [6, 6.07) is 9.01. The summed E-state index contributed by atoms with van der Waals surface area (Å²) in [7, 11) is 0. The van der Waals surface area contributed by atoms with Gasteiger partial charge in [0.1, 0.15) is 0 Å². The second kappa shape index (κ2) is 8.55. The number of nitrogens with one attached hydrogen (secondary N) is 1.